The Morgan fingerprint density at radius 3 is 2.29 bits per heavy atom. The van der Waals surface area contributed by atoms with Crippen molar-refractivity contribution in [1.29, 1.82) is 0 Å². The lowest BCUT2D eigenvalue weighted by atomic mass is 9.89. The number of nitrogens with one attached hydrogen (secondary N) is 1. The molecule has 2 aliphatic rings. The molecule has 0 radical (unpaired) electrons. The first-order chi connectivity index (χ1) is 17.0. The van der Waals surface area contributed by atoms with Crippen LogP contribution in [0.3, 0.4) is 0 Å². The summed E-state index contributed by atoms with van der Waals surface area (Å²) in [5.74, 6) is -1.02. The summed E-state index contributed by atoms with van der Waals surface area (Å²) in [6.07, 6.45) is 3.88. The van der Waals surface area contributed by atoms with E-state index >= 15 is 0 Å². The summed E-state index contributed by atoms with van der Waals surface area (Å²) in [5, 5.41) is 12.0. The zero-order valence-corrected chi connectivity index (χ0v) is 19.2. The molecule has 1 saturated heterocycles. The Bertz CT molecular complexity index is 1450. The minimum atomic E-state index is -0.922. The second-order valence-corrected chi connectivity index (χ2v) is 9.40. The number of hydrogen-bond acceptors (Lipinski definition) is 4. The SMILES string of the molecule is O=C(O)c1ccc2[nH]cc(C3CCN(CCN4C(=O)c5cccc6cccc(c56)C4=O)CC3)c2c1. The van der Waals surface area contributed by atoms with Crippen molar-refractivity contribution < 1.29 is 19.5 Å². The van der Waals surface area contributed by atoms with Crippen LogP contribution >= 0.6 is 0 Å². The molecule has 2 amide bonds. The van der Waals surface area contributed by atoms with Crippen LogP contribution in [0.5, 0.6) is 0 Å². The Balaban J connectivity index is 1.13. The number of H-pyrrole nitrogens is 1. The maximum atomic E-state index is 13.1. The average molecular weight is 468 g/mol. The van der Waals surface area contributed by atoms with Crippen LogP contribution in [0.4, 0.5) is 0 Å². The van der Waals surface area contributed by atoms with Gasteiger partial charge in [-0.15, -0.1) is 0 Å². The first kappa shape index (κ1) is 21.6. The molecule has 4 aromatic rings. The number of carbonyl (C=O) groups excluding carboxylic acids is 2. The number of benzene rings is 3. The van der Waals surface area contributed by atoms with E-state index in [0.29, 0.717) is 35.7 Å². The molecule has 35 heavy (non-hydrogen) atoms. The normalized spacial score (nSPS) is 17.0. The Kier molecular flexibility index (Phi) is 5.15. The molecule has 0 spiro atoms. The number of piperidine rings is 1. The van der Waals surface area contributed by atoms with Gasteiger partial charge in [0.2, 0.25) is 0 Å². The van der Waals surface area contributed by atoms with E-state index < -0.39 is 5.97 Å². The number of imide groups is 1. The van der Waals surface area contributed by atoms with Crippen molar-refractivity contribution in [1.82, 2.24) is 14.8 Å². The second kappa shape index (κ2) is 8.36. The molecule has 2 aliphatic heterocycles. The number of aromatic nitrogens is 1. The maximum absolute atomic E-state index is 13.1. The third-order valence-corrected chi connectivity index (χ3v) is 7.48. The van der Waals surface area contributed by atoms with Crippen molar-refractivity contribution in [2.75, 3.05) is 26.2 Å². The molecule has 1 aromatic heterocycles. The third-order valence-electron chi connectivity index (χ3n) is 7.48. The molecule has 7 heteroatoms. The minimum Gasteiger partial charge on any atom is -0.478 e. The molecule has 2 N–H and O–H groups in total. The quantitative estimate of drug-likeness (QED) is 0.422. The number of hydrogen-bond donors (Lipinski definition) is 2. The smallest absolute Gasteiger partial charge is 0.335 e. The van der Waals surface area contributed by atoms with Crippen molar-refractivity contribution in [3.63, 3.8) is 0 Å². The highest BCUT2D eigenvalue weighted by molar-refractivity contribution is 6.25. The zero-order valence-electron chi connectivity index (χ0n) is 19.2. The predicted molar refractivity (Wildman–Crippen MR) is 133 cm³/mol. The second-order valence-electron chi connectivity index (χ2n) is 9.40. The van der Waals surface area contributed by atoms with Gasteiger partial charge in [0, 0.05) is 46.7 Å². The molecule has 3 aromatic carbocycles. The molecular weight excluding hydrogens is 442 g/mol. The summed E-state index contributed by atoms with van der Waals surface area (Å²) in [4.78, 5) is 44.6. The minimum absolute atomic E-state index is 0.220. The lowest BCUT2D eigenvalue weighted by Crippen LogP contribution is -2.45. The molecular formula is C28H25N3O4. The largest absolute Gasteiger partial charge is 0.478 e. The van der Waals surface area contributed by atoms with Gasteiger partial charge in [-0.3, -0.25) is 14.5 Å². The Morgan fingerprint density at radius 1 is 0.943 bits per heavy atom. The highest BCUT2D eigenvalue weighted by atomic mass is 16.4. The molecule has 0 unspecified atom stereocenters. The number of nitrogens with zero attached hydrogens (tertiary/aromatic N) is 2. The van der Waals surface area contributed by atoms with Crippen molar-refractivity contribution in [3.8, 4) is 0 Å². The molecule has 3 heterocycles. The van der Waals surface area contributed by atoms with E-state index in [1.165, 1.54) is 4.90 Å². The number of likely N-dealkylation sites (tertiary alicyclic amines) is 1. The van der Waals surface area contributed by atoms with E-state index in [2.05, 4.69) is 9.88 Å². The summed E-state index contributed by atoms with van der Waals surface area (Å²) in [5.41, 5.74) is 3.59. The number of carboxylic acids is 1. The lowest BCUT2D eigenvalue weighted by Gasteiger charge is -2.34. The van der Waals surface area contributed by atoms with E-state index in [-0.39, 0.29) is 11.8 Å². The third kappa shape index (κ3) is 3.59. The van der Waals surface area contributed by atoms with Gasteiger partial charge in [-0.2, -0.15) is 0 Å². The Labute approximate surface area is 201 Å². The molecule has 7 nitrogen and oxygen atoms in total. The van der Waals surface area contributed by atoms with Crippen molar-refractivity contribution >= 4 is 39.5 Å². The molecule has 0 atom stereocenters. The first-order valence-electron chi connectivity index (χ1n) is 12.0. The Hall–Kier alpha value is -3.97. The number of carbonyl (C=O) groups is 3. The molecule has 6 rings (SSSR count). The summed E-state index contributed by atoms with van der Waals surface area (Å²) in [7, 11) is 0. The van der Waals surface area contributed by atoms with Crippen molar-refractivity contribution in [3.05, 3.63) is 83.0 Å². The zero-order chi connectivity index (χ0) is 24.1. The highest BCUT2D eigenvalue weighted by Crippen LogP contribution is 2.34. The van der Waals surface area contributed by atoms with Gasteiger partial charge in [0.1, 0.15) is 0 Å². The summed E-state index contributed by atoms with van der Waals surface area (Å²) in [6, 6.07) is 16.4. The fourth-order valence-electron chi connectivity index (χ4n) is 5.61. The maximum Gasteiger partial charge on any atom is 0.335 e. The average Bonchev–Trinajstić information content (AvgIpc) is 3.31. The number of rotatable bonds is 5. The monoisotopic (exact) mass is 467 g/mol. The highest BCUT2D eigenvalue weighted by Gasteiger charge is 2.33. The van der Waals surface area contributed by atoms with Gasteiger partial charge in [0.15, 0.2) is 0 Å². The van der Waals surface area contributed by atoms with E-state index in [1.807, 2.05) is 36.5 Å². The molecule has 1 fully saturated rings. The lowest BCUT2D eigenvalue weighted by molar-refractivity contribution is 0.0585. The van der Waals surface area contributed by atoms with E-state index in [4.69, 9.17) is 0 Å². The molecule has 0 aliphatic carbocycles. The molecule has 0 saturated carbocycles. The van der Waals surface area contributed by atoms with Crippen LogP contribution in [0.15, 0.2) is 60.8 Å². The van der Waals surface area contributed by atoms with Gasteiger partial charge >= 0.3 is 5.97 Å². The van der Waals surface area contributed by atoms with Crippen LogP contribution in [-0.4, -0.2) is 63.9 Å². The topological polar surface area (TPSA) is 93.7 Å². The summed E-state index contributed by atoms with van der Waals surface area (Å²) < 4.78 is 0. The van der Waals surface area contributed by atoms with E-state index in [9.17, 15) is 19.5 Å². The Morgan fingerprint density at radius 2 is 1.63 bits per heavy atom. The van der Waals surface area contributed by atoms with Gasteiger partial charge in [-0.25, -0.2) is 4.79 Å². The summed E-state index contributed by atoms with van der Waals surface area (Å²) in [6.45, 7) is 2.72. The number of carboxylic acid groups (broad SMARTS) is 1. The molecule has 0 bridgehead atoms. The van der Waals surface area contributed by atoms with Crippen LogP contribution < -0.4 is 0 Å². The summed E-state index contributed by atoms with van der Waals surface area (Å²) >= 11 is 0. The fourth-order valence-corrected chi connectivity index (χ4v) is 5.61. The van der Waals surface area contributed by atoms with Crippen molar-refractivity contribution in [2.45, 2.75) is 18.8 Å². The number of aromatic amines is 1. The van der Waals surface area contributed by atoms with Gasteiger partial charge in [0.25, 0.3) is 11.8 Å². The van der Waals surface area contributed by atoms with Crippen LogP contribution in [0, 0.1) is 0 Å². The number of fused-ring (bicyclic) bond motifs is 1. The number of amides is 2. The molecule has 176 valence electrons. The van der Waals surface area contributed by atoms with Gasteiger partial charge < -0.3 is 15.0 Å². The number of aromatic carboxylic acids is 1. The van der Waals surface area contributed by atoms with Gasteiger partial charge in [-0.1, -0.05) is 24.3 Å². The first-order valence-corrected chi connectivity index (χ1v) is 12.0. The van der Waals surface area contributed by atoms with Crippen LogP contribution in [0.2, 0.25) is 0 Å². The van der Waals surface area contributed by atoms with Crippen molar-refractivity contribution in [2.24, 2.45) is 0 Å². The fraction of sp³-hybridized carbons (Fsp3) is 0.250. The van der Waals surface area contributed by atoms with Crippen LogP contribution in [-0.2, 0) is 0 Å². The van der Waals surface area contributed by atoms with Crippen LogP contribution in [0.1, 0.15) is 55.4 Å². The van der Waals surface area contributed by atoms with Gasteiger partial charge in [-0.05, 0) is 73.1 Å². The van der Waals surface area contributed by atoms with Gasteiger partial charge in [0.05, 0.1) is 5.56 Å². The van der Waals surface area contributed by atoms with E-state index in [0.717, 1.165) is 53.2 Å². The van der Waals surface area contributed by atoms with Crippen LogP contribution in [0.25, 0.3) is 21.7 Å². The predicted octanol–water partition coefficient (Wildman–Crippen LogP) is 4.49. The standard InChI is InChI=1S/C28H25N3O4/c32-26-20-5-1-3-18-4-2-6-21(25(18)20)27(33)31(26)14-13-30-11-9-17(10-12-30)23-16-29-24-8-7-19(28(34)35)15-22(23)24/h1-8,15-17,29H,9-14H2,(H,34,35). The van der Waals surface area contributed by atoms with E-state index in [1.54, 1.807) is 24.3 Å².